The van der Waals surface area contributed by atoms with E-state index in [-0.39, 0.29) is 17.9 Å². The van der Waals surface area contributed by atoms with Gasteiger partial charge in [0.05, 0.1) is 5.92 Å². The van der Waals surface area contributed by atoms with Crippen LogP contribution in [0.2, 0.25) is 0 Å². The number of ether oxygens (including phenoxy) is 2. The predicted octanol–water partition coefficient (Wildman–Crippen LogP) is 2.66. The second-order valence-corrected chi connectivity index (χ2v) is 5.00. The summed E-state index contributed by atoms with van der Waals surface area (Å²) in [6.07, 6.45) is 4.29. The van der Waals surface area contributed by atoms with Gasteiger partial charge in [-0.3, -0.25) is 9.59 Å². The molecule has 0 heterocycles. The number of rotatable bonds is 5. The van der Waals surface area contributed by atoms with E-state index < -0.39 is 6.29 Å². The summed E-state index contributed by atoms with van der Waals surface area (Å²) in [6, 6.07) is 0. The van der Waals surface area contributed by atoms with Crippen molar-refractivity contribution in [3.63, 3.8) is 0 Å². The minimum Gasteiger partial charge on any atom is -0.425 e. The monoisotopic (exact) mass is 242 g/mol. The molecule has 1 atom stereocenters. The van der Waals surface area contributed by atoms with Gasteiger partial charge >= 0.3 is 11.9 Å². The van der Waals surface area contributed by atoms with Gasteiger partial charge < -0.3 is 9.47 Å². The lowest BCUT2D eigenvalue weighted by molar-refractivity contribution is -0.187. The van der Waals surface area contributed by atoms with Crippen LogP contribution in [0.5, 0.6) is 0 Å². The number of carbonyl (C=O) groups is 2. The zero-order valence-corrected chi connectivity index (χ0v) is 10.9. The molecule has 1 aliphatic rings. The van der Waals surface area contributed by atoms with E-state index in [0.717, 1.165) is 12.8 Å². The van der Waals surface area contributed by atoms with Crippen molar-refractivity contribution < 1.29 is 19.1 Å². The highest BCUT2D eigenvalue weighted by Crippen LogP contribution is 2.27. The average Bonchev–Trinajstić information content (AvgIpc) is 2.69. The van der Waals surface area contributed by atoms with Crippen LogP contribution in [0.3, 0.4) is 0 Å². The van der Waals surface area contributed by atoms with Gasteiger partial charge in [0.2, 0.25) is 6.29 Å². The summed E-state index contributed by atoms with van der Waals surface area (Å²) in [4.78, 5) is 22.8. The second-order valence-electron chi connectivity index (χ2n) is 5.00. The van der Waals surface area contributed by atoms with Crippen molar-refractivity contribution in [1.82, 2.24) is 0 Å². The summed E-state index contributed by atoms with van der Waals surface area (Å²) in [5.41, 5.74) is 0. The van der Waals surface area contributed by atoms with Crippen LogP contribution in [-0.2, 0) is 19.1 Å². The number of esters is 2. The molecule has 0 N–H and O–H groups in total. The first-order valence-corrected chi connectivity index (χ1v) is 6.39. The first-order valence-electron chi connectivity index (χ1n) is 6.39. The summed E-state index contributed by atoms with van der Waals surface area (Å²) in [5.74, 6) is -0.353. The Labute approximate surface area is 103 Å². The average molecular weight is 242 g/mol. The van der Waals surface area contributed by atoms with Crippen LogP contribution in [-0.4, -0.2) is 18.2 Å². The third-order valence-electron chi connectivity index (χ3n) is 2.98. The molecule has 1 aliphatic carbocycles. The highest BCUT2D eigenvalue weighted by atomic mass is 16.7. The van der Waals surface area contributed by atoms with Gasteiger partial charge in [0.15, 0.2) is 0 Å². The smallest absolute Gasteiger partial charge is 0.311 e. The summed E-state index contributed by atoms with van der Waals surface area (Å²) in [6.45, 7) is 5.07. The zero-order valence-electron chi connectivity index (χ0n) is 10.9. The minimum atomic E-state index is -0.779. The fraction of sp³-hybridized carbons (Fsp3) is 0.846. The van der Waals surface area contributed by atoms with Gasteiger partial charge in [0, 0.05) is 13.3 Å². The molecule has 0 saturated heterocycles. The Hall–Kier alpha value is -1.06. The fourth-order valence-electron chi connectivity index (χ4n) is 2.01. The van der Waals surface area contributed by atoms with E-state index >= 15 is 0 Å². The molecular weight excluding hydrogens is 220 g/mol. The van der Waals surface area contributed by atoms with E-state index in [0.29, 0.717) is 12.3 Å². The van der Waals surface area contributed by atoms with Crippen molar-refractivity contribution in [2.45, 2.75) is 59.2 Å². The van der Waals surface area contributed by atoms with Crippen LogP contribution in [0.25, 0.3) is 0 Å². The maximum absolute atomic E-state index is 11.5. The van der Waals surface area contributed by atoms with Crippen LogP contribution >= 0.6 is 0 Å². The van der Waals surface area contributed by atoms with Crippen LogP contribution in [0.15, 0.2) is 0 Å². The Balaban J connectivity index is 2.22. The molecule has 0 amide bonds. The Morgan fingerprint density at radius 2 is 1.71 bits per heavy atom. The molecule has 0 aromatic carbocycles. The molecule has 0 spiro atoms. The maximum Gasteiger partial charge on any atom is 0.311 e. The van der Waals surface area contributed by atoms with Crippen molar-refractivity contribution >= 4 is 11.9 Å². The molecule has 4 nitrogen and oxygen atoms in total. The van der Waals surface area contributed by atoms with E-state index in [1.54, 1.807) is 20.8 Å². The van der Waals surface area contributed by atoms with Gasteiger partial charge in [-0.2, -0.15) is 0 Å². The van der Waals surface area contributed by atoms with Gasteiger partial charge in [-0.1, -0.05) is 26.7 Å². The van der Waals surface area contributed by atoms with E-state index in [9.17, 15) is 9.59 Å². The van der Waals surface area contributed by atoms with E-state index in [1.165, 1.54) is 12.8 Å². The molecule has 17 heavy (non-hydrogen) atoms. The van der Waals surface area contributed by atoms with Gasteiger partial charge in [0.25, 0.3) is 0 Å². The standard InChI is InChI=1S/C13H22O4/c1-9(2)13(15)17-10(3)16-12(14)8-11-6-4-5-7-11/h9-11H,4-8H2,1-3H3. The van der Waals surface area contributed by atoms with Crippen molar-refractivity contribution in [2.75, 3.05) is 0 Å². The molecule has 98 valence electrons. The topological polar surface area (TPSA) is 52.6 Å². The molecule has 1 rings (SSSR count). The molecule has 0 aliphatic heterocycles. The summed E-state index contributed by atoms with van der Waals surface area (Å²) in [7, 11) is 0. The lowest BCUT2D eigenvalue weighted by Crippen LogP contribution is -2.24. The number of hydrogen-bond donors (Lipinski definition) is 0. The van der Waals surface area contributed by atoms with Gasteiger partial charge in [-0.25, -0.2) is 0 Å². The lowest BCUT2D eigenvalue weighted by Gasteiger charge is -2.16. The highest BCUT2D eigenvalue weighted by Gasteiger charge is 2.22. The van der Waals surface area contributed by atoms with Crippen molar-refractivity contribution in [1.29, 1.82) is 0 Å². The number of carbonyl (C=O) groups excluding carboxylic acids is 2. The Kier molecular flexibility index (Phi) is 5.45. The van der Waals surface area contributed by atoms with Crippen molar-refractivity contribution in [2.24, 2.45) is 11.8 Å². The van der Waals surface area contributed by atoms with Gasteiger partial charge in [-0.05, 0) is 18.8 Å². The van der Waals surface area contributed by atoms with Crippen molar-refractivity contribution in [3.05, 3.63) is 0 Å². The SMILES string of the molecule is CC(OC(=O)CC1CCCC1)OC(=O)C(C)C. The molecule has 0 aromatic rings. The molecule has 1 saturated carbocycles. The second kappa shape index (κ2) is 6.62. The summed E-state index contributed by atoms with van der Waals surface area (Å²) >= 11 is 0. The van der Waals surface area contributed by atoms with Crippen molar-refractivity contribution in [3.8, 4) is 0 Å². The zero-order chi connectivity index (χ0) is 12.8. The predicted molar refractivity (Wildman–Crippen MR) is 63.1 cm³/mol. The first-order chi connectivity index (χ1) is 7.99. The minimum absolute atomic E-state index is 0.203. The molecule has 4 heteroatoms. The quantitative estimate of drug-likeness (QED) is 0.549. The van der Waals surface area contributed by atoms with E-state index in [1.807, 2.05) is 0 Å². The molecule has 0 aromatic heterocycles. The molecule has 0 radical (unpaired) electrons. The normalized spacial score (nSPS) is 18.1. The first kappa shape index (κ1) is 14.0. The maximum atomic E-state index is 11.5. The van der Waals surface area contributed by atoms with Gasteiger partial charge in [-0.15, -0.1) is 0 Å². The largest absolute Gasteiger partial charge is 0.425 e. The number of hydrogen-bond acceptors (Lipinski definition) is 4. The van der Waals surface area contributed by atoms with E-state index in [2.05, 4.69) is 0 Å². The summed E-state index contributed by atoms with van der Waals surface area (Å²) in [5, 5.41) is 0. The van der Waals surface area contributed by atoms with Crippen LogP contribution in [0.4, 0.5) is 0 Å². The summed E-state index contributed by atoms with van der Waals surface area (Å²) < 4.78 is 10.0. The Bertz CT molecular complexity index is 267. The molecule has 1 unspecified atom stereocenters. The van der Waals surface area contributed by atoms with Crippen LogP contribution in [0, 0.1) is 11.8 Å². The van der Waals surface area contributed by atoms with E-state index in [4.69, 9.17) is 9.47 Å². The molecule has 1 fully saturated rings. The highest BCUT2D eigenvalue weighted by molar-refractivity contribution is 5.72. The third kappa shape index (κ3) is 5.20. The Morgan fingerprint density at radius 1 is 1.12 bits per heavy atom. The van der Waals surface area contributed by atoms with Gasteiger partial charge in [0.1, 0.15) is 0 Å². The lowest BCUT2D eigenvalue weighted by atomic mass is 10.0. The Morgan fingerprint density at radius 3 is 2.24 bits per heavy atom. The fourth-order valence-corrected chi connectivity index (χ4v) is 2.01. The molecular formula is C13H22O4. The van der Waals surface area contributed by atoms with Crippen LogP contribution in [0.1, 0.15) is 52.9 Å². The van der Waals surface area contributed by atoms with Crippen LogP contribution < -0.4 is 0 Å². The third-order valence-corrected chi connectivity index (χ3v) is 2.98. The molecule has 0 bridgehead atoms.